The number of ether oxygens (including phenoxy) is 2. The maximum Gasteiger partial charge on any atom is 0.418 e. The highest BCUT2D eigenvalue weighted by molar-refractivity contribution is 6.43. The molecule has 0 radical (unpaired) electrons. The lowest BCUT2D eigenvalue weighted by atomic mass is 10.1. The van der Waals surface area contributed by atoms with Crippen LogP contribution in [0.3, 0.4) is 0 Å². The molecule has 0 aliphatic carbocycles. The summed E-state index contributed by atoms with van der Waals surface area (Å²) in [5.74, 6) is -1.65. The second kappa shape index (κ2) is 7.77. The van der Waals surface area contributed by atoms with E-state index in [1.54, 1.807) is 0 Å². The Morgan fingerprint density at radius 1 is 0.885 bits per heavy atom. The molecule has 0 fully saturated rings. The molecule has 0 aliphatic rings. The van der Waals surface area contributed by atoms with Gasteiger partial charge in [0, 0.05) is 11.8 Å². The lowest BCUT2D eigenvalue weighted by molar-refractivity contribution is -0.137. The van der Waals surface area contributed by atoms with Gasteiger partial charge < -0.3 is 20.1 Å². The quantitative estimate of drug-likeness (QED) is 0.812. The van der Waals surface area contributed by atoms with Crippen molar-refractivity contribution in [1.82, 2.24) is 0 Å². The van der Waals surface area contributed by atoms with E-state index >= 15 is 0 Å². The van der Waals surface area contributed by atoms with Gasteiger partial charge in [0.05, 0.1) is 25.5 Å². The Morgan fingerprint density at radius 3 is 2.12 bits per heavy atom. The van der Waals surface area contributed by atoms with E-state index in [1.165, 1.54) is 44.6 Å². The zero-order chi connectivity index (χ0) is 19.3. The summed E-state index contributed by atoms with van der Waals surface area (Å²) < 4.78 is 48.9. The molecule has 0 aliphatic heterocycles. The average Bonchev–Trinajstić information content (AvgIpc) is 2.61. The third-order valence-corrected chi connectivity index (χ3v) is 3.33. The number of methoxy groups -OCH3 is 2. The van der Waals surface area contributed by atoms with Gasteiger partial charge in [0.15, 0.2) is 11.5 Å². The lowest BCUT2D eigenvalue weighted by Gasteiger charge is -2.14. The highest BCUT2D eigenvalue weighted by Crippen LogP contribution is 2.34. The van der Waals surface area contributed by atoms with Crippen molar-refractivity contribution in [2.45, 2.75) is 6.18 Å². The van der Waals surface area contributed by atoms with E-state index in [-0.39, 0.29) is 5.69 Å². The summed E-state index contributed by atoms with van der Waals surface area (Å²) in [5, 5.41) is 4.24. The summed E-state index contributed by atoms with van der Waals surface area (Å²) in [5.41, 5.74) is -1.34. The summed E-state index contributed by atoms with van der Waals surface area (Å²) in [6.45, 7) is 0. The van der Waals surface area contributed by atoms with Crippen molar-refractivity contribution in [3.63, 3.8) is 0 Å². The minimum absolute atomic E-state index is 0.215. The first kappa shape index (κ1) is 19.1. The van der Waals surface area contributed by atoms with Gasteiger partial charge in [-0.15, -0.1) is 0 Å². The summed E-state index contributed by atoms with van der Waals surface area (Å²) in [4.78, 5) is 23.9. The molecule has 0 spiro atoms. The number of halogens is 3. The summed E-state index contributed by atoms with van der Waals surface area (Å²) >= 11 is 0. The van der Waals surface area contributed by atoms with E-state index in [1.807, 2.05) is 5.32 Å². The van der Waals surface area contributed by atoms with Gasteiger partial charge in [-0.3, -0.25) is 9.59 Å². The maximum atomic E-state index is 12.9. The molecule has 0 saturated heterocycles. The van der Waals surface area contributed by atoms with Crippen LogP contribution in [-0.4, -0.2) is 26.0 Å². The van der Waals surface area contributed by atoms with Gasteiger partial charge in [0.25, 0.3) is 0 Å². The molecule has 26 heavy (non-hydrogen) atoms. The molecular weight excluding hydrogens is 353 g/mol. The van der Waals surface area contributed by atoms with Gasteiger partial charge in [-0.2, -0.15) is 13.2 Å². The fraction of sp³-hybridized carbons (Fsp3) is 0.176. The predicted octanol–water partition coefficient (Wildman–Crippen LogP) is 3.30. The van der Waals surface area contributed by atoms with Crippen molar-refractivity contribution in [3.8, 4) is 11.5 Å². The molecule has 2 aromatic carbocycles. The molecule has 0 aromatic heterocycles. The third-order valence-electron chi connectivity index (χ3n) is 3.33. The van der Waals surface area contributed by atoms with E-state index in [2.05, 4.69) is 5.32 Å². The Balaban J connectivity index is 2.13. The van der Waals surface area contributed by atoms with E-state index in [0.717, 1.165) is 12.1 Å². The van der Waals surface area contributed by atoms with Crippen LogP contribution in [0.4, 0.5) is 24.5 Å². The Bertz CT molecular complexity index is 822. The number of alkyl halides is 3. The highest BCUT2D eigenvalue weighted by atomic mass is 19.4. The number of hydrogen-bond donors (Lipinski definition) is 2. The molecule has 0 heterocycles. The number of para-hydroxylation sites is 1. The molecule has 0 saturated carbocycles. The first-order valence-electron chi connectivity index (χ1n) is 7.27. The minimum Gasteiger partial charge on any atom is -0.493 e. The van der Waals surface area contributed by atoms with Crippen LogP contribution in [0.1, 0.15) is 5.56 Å². The van der Waals surface area contributed by atoms with Crippen LogP contribution in [0.25, 0.3) is 0 Å². The zero-order valence-corrected chi connectivity index (χ0v) is 13.8. The van der Waals surface area contributed by atoms with Gasteiger partial charge in [0.1, 0.15) is 0 Å². The molecule has 6 nitrogen and oxygen atoms in total. The van der Waals surface area contributed by atoms with Crippen molar-refractivity contribution < 1.29 is 32.2 Å². The van der Waals surface area contributed by atoms with Gasteiger partial charge in [0.2, 0.25) is 0 Å². The average molecular weight is 368 g/mol. The molecule has 2 amide bonds. The minimum atomic E-state index is -4.66. The van der Waals surface area contributed by atoms with Gasteiger partial charge >= 0.3 is 18.0 Å². The van der Waals surface area contributed by atoms with Crippen molar-refractivity contribution >= 4 is 23.2 Å². The third kappa shape index (κ3) is 4.44. The number of hydrogen-bond acceptors (Lipinski definition) is 4. The topological polar surface area (TPSA) is 76.7 Å². The van der Waals surface area contributed by atoms with Crippen LogP contribution >= 0.6 is 0 Å². The number of anilines is 2. The van der Waals surface area contributed by atoms with E-state index in [4.69, 9.17) is 9.47 Å². The molecule has 2 N–H and O–H groups in total. The molecule has 2 aromatic rings. The number of benzene rings is 2. The molecule has 9 heteroatoms. The van der Waals surface area contributed by atoms with Crippen molar-refractivity contribution in [1.29, 1.82) is 0 Å². The Labute approximate surface area is 146 Å². The van der Waals surface area contributed by atoms with Gasteiger partial charge in [-0.05, 0) is 24.3 Å². The summed E-state index contributed by atoms with van der Waals surface area (Å²) in [6.07, 6.45) is -4.66. The first-order chi connectivity index (χ1) is 12.3. The monoisotopic (exact) mass is 368 g/mol. The molecule has 2 rings (SSSR count). The number of rotatable bonds is 4. The SMILES string of the molecule is COc1ccc(NC(=O)C(=O)Nc2ccccc2C(F)(F)F)cc1OC. The molecule has 0 unspecified atom stereocenters. The summed E-state index contributed by atoms with van der Waals surface area (Å²) in [7, 11) is 2.83. The van der Waals surface area contributed by atoms with Crippen LogP contribution < -0.4 is 20.1 Å². The Hall–Kier alpha value is -3.23. The standard InChI is InChI=1S/C17H15F3N2O4/c1-25-13-8-7-10(9-14(13)26-2)21-15(23)16(24)22-12-6-4-3-5-11(12)17(18,19)20/h3-9H,1-2H3,(H,21,23)(H,22,24). The number of amides is 2. The van der Waals surface area contributed by atoms with Crippen LogP contribution in [0.5, 0.6) is 11.5 Å². The van der Waals surface area contributed by atoms with E-state index in [9.17, 15) is 22.8 Å². The van der Waals surface area contributed by atoms with Crippen molar-refractivity contribution in [2.75, 3.05) is 24.9 Å². The number of nitrogens with one attached hydrogen (secondary N) is 2. The van der Waals surface area contributed by atoms with Crippen molar-refractivity contribution in [3.05, 3.63) is 48.0 Å². The second-order valence-electron chi connectivity index (χ2n) is 5.02. The van der Waals surface area contributed by atoms with Crippen LogP contribution in [0.2, 0.25) is 0 Å². The van der Waals surface area contributed by atoms with E-state index in [0.29, 0.717) is 11.5 Å². The largest absolute Gasteiger partial charge is 0.493 e. The molecule has 0 bridgehead atoms. The van der Waals surface area contributed by atoms with Gasteiger partial charge in [-0.25, -0.2) is 0 Å². The fourth-order valence-electron chi connectivity index (χ4n) is 2.12. The normalized spacial score (nSPS) is 10.8. The first-order valence-corrected chi connectivity index (χ1v) is 7.27. The Morgan fingerprint density at radius 2 is 1.50 bits per heavy atom. The Kier molecular flexibility index (Phi) is 5.71. The smallest absolute Gasteiger partial charge is 0.418 e. The van der Waals surface area contributed by atoms with Crippen molar-refractivity contribution in [2.24, 2.45) is 0 Å². The van der Waals surface area contributed by atoms with Crippen LogP contribution in [0.15, 0.2) is 42.5 Å². The highest BCUT2D eigenvalue weighted by Gasteiger charge is 2.34. The second-order valence-corrected chi connectivity index (χ2v) is 5.02. The van der Waals surface area contributed by atoms with E-state index < -0.39 is 29.2 Å². The fourth-order valence-corrected chi connectivity index (χ4v) is 2.12. The van der Waals surface area contributed by atoms with Crippen LogP contribution in [-0.2, 0) is 15.8 Å². The lowest BCUT2D eigenvalue weighted by Crippen LogP contribution is -2.30. The van der Waals surface area contributed by atoms with Gasteiger partial charge in [-0.1, -0.05) is 12.1 Å². The molecular formula is C17H15F3N2O4. The predicted molar refractivity (Wildman–Crippen MR) is 88.2 cm³/mol. The molecule has 0 atom stereocenters. The van der Waals surface area contributed by atoms with Crippen LogP contribution in [0, 0.1) is 0 Å². The zero-order valence-electron chi connectivity index (χ0n) is 13.8. The number of carbonyl (C=O) groups is 2. The number of carbonyl (C=O) groups excluding carboxylic acids is 2. The molecule has 138 valence electrons. The maximum absolute atomic E-state index is 12.9. The summed E-state index contributed by atoms with van der Waals surface area (Å²) in [6, 6.07) is 8.74.